The number of imide groups is 1. The quantitative estimate of drug-likeness (QED) is 0.189. The maximum absolute atomic E-state index is 14.3. The third kappa shape index (κ3) is 3.45. The standard InChI is InChI=1S/C13F23NO2/c14-3(1(38)37(36)2(39)4(15,16)5(3,17)18)6(19,20)7(21,22)8(23,24)9(25,26)10(27,28)11(29,30)12(31,32)13(33,34)35. The van der Waals surface area contributed by atoms with Gasteiger partial charge in [-0.3, -0.25) is 9.59 Å². The van der Waals surface area contributed by atoms with E-state index in [-0.39, 0.29) is 0 Å². The molecule has 0 radical (unpaired) electrons. The highest BCUT2D eigenvalue weighted by molar-refractivity contribution is 6.06. The lowest BCUT2D eigenvalue weighted by atomic mass is 9.76. The Bertz CT molecular complexity index is 1030. The number of alkyl halides is 22. The van der Waals surface area contributed by atoms with Gasteiger partial charge in [0.05, 0.1) is 0 Å². The van der Waals surface area contributed by atoms with Crippen LogP contribution < -0.4 is 0 Å². The van der Waals surface area contributed by atoms with Crippen LogP contribution in [0, 0.1) is 0 Å². The molecule has 1 unspecified atom stereocenters. The van der Waals surface area contributed by atoms with Crippen LogP contribution in [0.2, 0.25) is 0 Å². The van der Waals surface area contributed by atoms with E-state index in [4.69, 9.17) is 0 Å². The zero-order chi connectivity index (χ0) is 32.2. The molecule has 26 heteroatoms. The predicted molar refractivity (Wildman–Crippen MR) is 67.4 cm³/mol. The molecule has 1 aliphatic heterocycles. The lowest BCUT2D eigenvalue weighted by Crippen LogP contribution is -2.83. The molecule has 0 aromatic heterocycles. The molecule has 0 aromatic rings. The molecule has 1 fully saturated rings. The predicted octanol–water partition coefficient (Wildman–Crippen LogP) is 6.23. The highest BCUT2D eigenvalue weighted by Gasteiger charge is 3.00. The molecule has 0 aliphatic carbocycles. The largest absolute Gasteiger partial charge is 0.460 e. The van der Waals surface area contributed by atoms with Gasteiger partial charge in [-0.25, -0.2) is 4.39 Å². The molecule has 0 bridgehead atoms. The van der Waals surface area contributed by atoms with E-state index in [0.29, 0.717) is 0 Å². The minimum absolute atomic E-state index is 3.43. The van der Waals surface area contributed by atoms with Crippen LogP contribution in [0.3, 0.4) is 0 Å². The lowest BCUT2D eigenvalue weighted by molar-refractivity contribution is -0.469. The van der Waals surface area contributed by atoms with Crippen LogP contribution in [0.5, 0.6) is 0 Å². The van der Waals surface area contributed by atoms with E-state index >= 15 is 0 Å². The topological polar surface area (TPSA) is 37.4 Å². The van der Waals surface area contributed by atoms with Crippen LogP contribution in [0.4, 0.5) is 101 Å². The van der Waals surface area contributed by atoms with Crippen molar-refractivity contribution in [1.29, 1.82) is 0 Å². The normalized spacial score (nSPS) is 24.3. The van der Waals surface area contributed by atoms with E-state index in [1.54, 1.807) is 0 Å². The van der Waals surface area contributed by atoms with Crippen LogP contribution in [-0.4, -0.2) is 82.1 Å². The SMILES string of the molecule is O=C1N(F)C(=O)C(F)(C(F)(F)C(F)(F)C(F)(F)C(F)(F)C(F)(F)C(F)(F)C(F)(F)C(F)(F)F)C(F)(F)C1(F)F. The first-order valence-electron chi connectivity index (χ1n) is 8.18. The molecular weight excluding hydrogens is 639 g/mol. The van der Waals surface area contributed by atoms with Crippen LogP contribution >= 0.6 is 0 Å². The van der Waals surface area contributed by atoms with Crippen LogP contribution in [0.1, 0.15) is 0 Å². The van der Waals surface area contributed by atoms with Gasteiger partial charge < -0.3 is 0 Å². The summed E-state index contributed by atoms with van der Waals surface area (Å²) in [5.41, 5.74) is -8.40. The first kappa shape index (κ1) is 34.6. The minimum Gasteiger partial charge on any atom is -0.267 e. The summed E-state index contributed by atoms with van der Waals surface area (Å²) in [5.74, 6) is -89.6. The van der Waals surface area contributed by atoms with Gasteiger partial charge in [-0.2, -0.15) is 92.2 Å². The van der Waals surface area contributed by atoms with Gasteiger partial charge in [0.15, 0.2) is 0 Å². The molecule has 1 atom stereocenters. The summed E-state index contributed by atoms with van der Waals surface area (Å²) >= 11 is 0. The van der Waals surface area contributed by atoms with E-state index in [1.807, 2.05) is 0 Å². The van der Waals surface area contributed by atoms with Crippen molar-refractivity contribution in [3.05, 3.63) is 0 Å². The van der Waals surface area contributed by atoms with Crippen molar-refractivity contribution in [2.24, 2.45) is 0 Å². The summed E-state index contributed by atoms with van der Waals surface area (Å²) < 4.78 is 305. The maximum atomic E-state index is 14.3. The average Bonchev–Trinajstić information content (AvgIpc) is 2.73. The molecule has 39 heavy (non-hydrogen) atoms. The molecule has 0 saturated carbocycles. The van der Waals surface area contributed by atoms with Gasteiger partial charge >= 0.3 is 77.0 Å². The number of amides is 2. The van der Waals surface area contributed by atoms with Gasteiger partial charge in [0, 0.05) is 0 Å². The second-order valence-electron chi connectivity index (χ2n) is 7.22. The van der Waals surface area contributed by atoms with Crippen LogP contribution in [-0.2, 0) is 9.59 Å². The second-order valence-corrected chi connectivity index (χ2v) is 7.22. The third-order valence-electron chi connectivity index (χ3n) is 4.90. The smallest absolute Gasteiger partial charge is 0.267 e. The van der Waals surface area contributed by atoms with Gasteiger partial charge in [0.25, 0.3) is 0 Å². The van der Waals surface area contributed by atoms with E-state index in [0.717, 1.165) is 0 Å². The van der Waals surface area contributed by atoms with Crippen molar-refractivity contribution in [3.8, 4) is 0 Å². The fourth-order valence-electron chi connectivity index (χ4n) is 2.55. The number of piperidine rings is 1. The van der Waals surface area contributed by atoms with Crippen LogP contribution in [0.15, 0.2) is 0 Å². The molecule has 1 heterocycles. The number of nitrogens with zero attached hydrogens (tertiary/aromatic N) is 1. The Kier molecular flexibility index (Phi) is 7.14. The number of rotatable bonds is 7. The van der Waals surface area contributed by atoms with E-state index in [2.05, 4.69) is 0 Å². The van der Waals surface area contributed by atoms with Crippen molar-refractivity contribution in [3.63, 3.8) is 0 Å². The van der Waals surface area contributed by atoms with Crippen molar-refractivity contribution in [1.82, 2.24) is 5.12 Å². The molecule has 2 amide bonds. The first-order valence-corrected chi connectivity index (χ1v) is 8.18. The Labute approximate surface area is 194 Å². The van der Waals surface area contributed by atoms with Crippen molar-refractivity contribution in [2.75, 3.05) is 0 Å². The summed E-state index contributed by atoms with van der Waals surface area (Å²) in [4.78, 5) is 21.6. The highest BCUT2D eigenvalue weighted by Crippen LogP contribution is 2.67. The van der Waals surface area contributed by atoms with Gasteiger partial charge in [-0.05, 0) is 0 Å². The van der Waals surface area contributed by atoms with Crippen molar-refractivity contribution >= 4 is 11.8 Å². The molecular formula is C13F23NO2. The molecule has 230 valence electrons. The fraction of sp³-hybridized carbons (Fsp3) is 0.846. The van der Waals surface area contributed by atoms with Crippen molar-refractivity contribution in [2.45, 2.75) is 65.1 Å². The van der Waals surface area contributed by atoms with E-state index < -0.39 is 82.1 Å². The molecule has 1 saturated heterocycles. The first-order chi connectivity index (χ1) is 16.5. The van der Waals surface area contributed by atoms with Gasteiger partial charge in [-0.15, -0.1) is 5.12 Å². The third-order valence-corrected chi connectivity index (χ3v) is 4.90. The number of hydrogen-bond donors (Lipinski definition) is 0. The molecule has 0 aromatic carbocycles. The highest BCUT2D eigenvalue weighted by atomic mass is 19.4. The zero-order valence-corrected chi connectivity index (χ0v) is 16.5. The summed E-state index contributed by atoms with van der Waals surface area (Å²) in [6, 6.07) is 0. The summed E-state index contributed by atoms with van der Waals surface area (Å²) in [6.07, 6.45) is -8.14. The number of hydrogen-bond acceptors (Lipinski definition) is 2. The van der Waals surface area contributed by atoms with E-state index in [1.165, 1.54) is 0 Å². The second kappa shape index (κ2) is 8.05. The number of carbonyl (C=O) groups excluding carboxylic acids is 2. The Balaban J connectivity index is 4.02. The summed E-state index contributed by atoms with van der Waals surface area (Å²) in [5, 5.41) is -3.43. The Morgan fingerprint density at radius 3 is 1.05 bits per heavy atom. The molecule has 0 N–H and O–H groups in total. The van der Waals surface area contributed by atoms with Crippen molar-refractivity contribution < 1.29 is 111 Å². The summed E-state index contributed by atoms with van der Waals surface area (Å²) in [7, 11) is 0. The Hall–Kier alpha value is -2.47. The lowest BCUT2D eigenvalue weighted by Gasteiger charge is -2.48. The molecule has 3 nitrogen and oxygen atoms in total. The maximum Gasteiger partial charge on any atom is 0.460 e. The number of carbonyl (C=O) groups is 2. The Morgan fingerprint density at radius 2 is 0.744 bits per heavy atom. The zero-order valence-electron chi connectivity index (χ0n) is 16.5. The average molecular weight is 639 g/mol. The molecule has 1 aliphatic rings. The van der Waals surface area contributed by atoms with Gasteiger partial charge in [-0.1, -0.05) is 4.48 Å². The summed E-state index contributed by atoms with van der Waals surface area (Å²) in [6.45, 7) is 0. The van der Waals surface area contributed by atoms with E-state index in [9.17, 15) is 111 Å². The van der Waals surface area contributed by atoms with Gasteiger partial charge in [0.1, 0.15) is 0 Å². The fourth-order valence-corrected chi connectivity index (χ4v) is 2.55. The number of halogens is 23. The van der Waals surface area contributed by atoms with Gasteiger partial charge in [0.2, 0.25) is 0 Å². The molecule has 1 rings (SSSR count). The minimum atomic E-state index is -9.49. The monoisotopic (exact) mass is 639 g/mol. The molecule has 0 spiro atoms. The van der Waals surface area contributed by atoms with Crippen LogP contribution in [0.25, 0.3) is 0 Å². The Morgan fingerprint density at radius 1 is 0.462 bits per heavy atom.